The van der Waals surface area contributed by atoms with Gasteiger partial charge in [-0.3, -0.25) is 0 Å². The fraction of sp³-hybridized carbons (Fsp3) is 1.00. The van der Waals surface area contributed by atoms with Crippen LogP contribution in [0.4, 0.5) is 0 Å². The van der Waals surface area contributed by atoms with Crippen LogP contribution in [0.25, 0.3) is 0 Å². The molecule has 1 aliphatic carbocycles. The van der Waals surface area contributed by atoms with E-state index in [1.807, 2.05) is 6.92 Å². The maximum atomic E-state index is 6.28. The van der Waals surface area contributed by atoms with E-state index in [0.717, 1.165) is 17.9 Å². The van der Waals surface area contributed by atoms with Gasteiger partial charge in [0, 0.05) is 11.9 Å². The first-order valence-corrected chi connectivity index (χ1v) is 8.59. The van der Waals surface area contributed by atoms with Crippen molar-refractivity contribution in [1.29, 1.82) is 0 Å². The minimum Gasteiger partial charge on any atom is -0.379 e. The molecule has 1 rings (SSSR count). The van der Waals surface area contributed by atoms with Crippen molar-refractivity contribution in [2.24, 2.45) is 5.92 Å². The summed E-state index contributed by atoms with van der Waals surface area (Å²) in [6.07, 6.45) is 7.92. The summed E-state index contributed by atoms with van der Waals surface area (Å²) in [5.74, 6) is 0.924. The Balaban J connectivity index is 2.40. The minimum atomic E-state index is 0.0563. The summed E-state index contributed by atoms with van der Waals surface area (Å²) < 4.78 is 11.7. The quantitative estimate of drug-likeness (QED) is 0.611. The predicted molar refractivity (Wildman–Crippen MR) is 80.4 cm³/mol. The van der Waals surface area contributed by atoms with Crippen molar-refractivity contribution in [3.05, 3.63) is 0 Å². The molecule has 0 heterocycles. The Morgan fingerprint density at radius 3 is 2.44 bits per heavy atom. The molecule has 1 saturated carbocycles. The molecule has 0 aromatic carbocycles. The molecule has 0 bridgehead atoms. The van der Waals surface area contributed by atoms with Gasteiger partial charge in [-0.25, -0.2) is 0 Å². The molecule has 1 aliphatic rings. The van der Waals surface area contributed by atoms with Crippen LogP contribution in [-0.4, -0.2) is 30.2 Å². The maximum absolute atomic E-state index is 6.28. The molecule has 0 amide bonds. The molecule has 0 spiro atoms. The molecule has 0 N–H and O–H groups in total. The van der Waals surface area contributed by atoms with Gasteiger partial charge in [0.1, 0.15) is 0 Å². The van der Waals surface area contributed by atoms with Crippen LogP contribution >= 0.6 is 15.9 Å². The molecule has 0 radical (unpaired) electrons. The smallest absolute Gasteiger partial charge is 0.0788 e. The second-order valence-electron chi connectivity index (χ2n) is 5.64. The zero-order valence-corrected chi connectivity index (χ0v) is 13.8. The number of halogens is 1. The number of hydrogen-bond donors (Lipinski definition) is 0. The highest BCUT2D eigenvalue weighted by Gasteiger charge is 2.36. The average Bonchev–Trinajstić information content (AvgIpc) is 2.39. The van der Waals surface area contributed by atoms with E-state index in [9.17, 15) is 0 Å². The number of alkyl halides is 1. The van der Waals surface area contributed by atoms with Crippen LogP contribution in [0.3, 0.4) is 0 Å². The fourth-order valence-corrected chi connectivity index (χ4v) is 3.62. The standard InChI is InChI=1S/C15H29BrO2/c1-4-6-14-7-9-15(12-16,10-8-14)18-13(3)11-17-5-2/h13-14H,4-12H2,1-3H3. The highest BCUT2D eigenvalue weighted by atomic mass is 79.9. The van der Waals surface area contributed by atoms with E-state index >= 15 is 0 Å². The van der Waals surface area contributed by atoms with Crippen molar-refractivity contribution >= 4 is 15.9 Å². The van der Waals surface area contributed by atoms with Gasteiger partial charge in [-0.15, -0.1) is 0 Å². The van der Waals surface area contributed by atoms with Crippen LogP contribution in [0.5, 0.6) is 0 Å². The zero-order chi connectivity index (χ0) is 13.4. The average molecular weight is 321 g/mol. The third kappa shape index (κ3) is 5.18. The molecule has 1 unspecified atom stereocenters. The number of rotatable bonds is 8. The van der Waals surface area contributed by atoms with Gasteiger partial charge < -0.3 is 9.47 Å². The third-order valence-corrected chi connectivity index (χ3v) is 4.99. The summed E-state index contributed by atoms with van der Waals surface area (Å²) in [4.78, 5) is 0. The van der Waals surface area contributed by atoms with Crippen molar-refractivity contribution in [2.75, 3.05) is 18.5 Å². The van der Waals surface area contributed by atoms with Crippen molar-refractivity contribution in [2.45, 2.75) is 71.0 Å². The molecular weight excluding hydrogens is 292 g/mol. The lowest BCUT2D eigenvalue weighted by Gasteiger charge is -2.40. The Hall–Kier alpha value is 0.400. The summed E-state index contributed by atoms with van der Waals surface area (Å²) in [6, 6.07) is 0. The van der Waals surface area contributed by atoms with Gasteiger partial charge in [-0.1, -0.05) is 35.7 Å². The van der Waals surface area contributed by atoms with Gasteiger partial charge in [-0.05, 0) is 45.4 Å². The SMILES string of the molecule is CCCC1CCC(CBr)(OC(C)COCC)CC1. The van der Waals surface area contributed by atoms with Crippen LogP contribution in [-0.2, 0) is 9.47 Å². The molecule has 0 aromatic rings. The summed E-state index contributed by atoms with van der Waals surface area (Å²) >= 11 is 3.66. The Kier molecular flexibility index (Phi) is 7.81. The van der Waals surface area contributed by atoms with E-state index in [4.69, 9.17) is 9.47 Å². The van der Waals surface area contributed by atoms with Crippen LogP contribution in [0, 0.1) is 5.92 Å². The summed E-state index contributed by atoms with van der Waals surface area (Å²) in [7, 11) is 0. The summed E-state index contributed by atoms with van der Waals surface area (Å²) in [5, 5.41) is 0.954. The van der Waals surface area contributed by atoms with Crippen LogP contribution in [0.2, 0.25) is 0 Å². The van der Waals surface area contributed by atoms with Gasteiger partial charge in [0.2, 0.25) is 0 Å². The Labute approximate surface area is 121 Å². The Morgan fingerprint density at radius 2 is 1.94 bits per heavy atom. The van der Waals surface area contributed by atoms with Gasteiger partial charge in [0.05, 0.1) is 18.3 Å². The van der Waals surface area contributed by atoms with Crippen molar-refractivity contribution in [3.63, 3.8) is 0 Å². The molecule has 0 aliphatic heterocycles. The van der Waals surface area contributed by atoms with E-state index in [-0.39, 0.29) is 11.7 Å². The van der Waals surface area contributed by atoms with Gasteiger partial charge in [0.15, 0.2) is 0 Å². The second-order valence-corrected chi connectivity index (χ2v) is 6.20. The van der Waals surface area contributed by atoms with Gasteiger partial charge in [-0.2, -0.15) is 0 Å². The highest BCUT2D eigenvalue weighted by Crippen LogP contribution is 2.38. The van der Waals surface area contributed by atoms with Crippen molar-refractivity contribution in [3.8, 4) is 0 Å². The zero-order valence-electron chi connectivity index (χ0n) is 12.2. The van der Waals surface area contributed by atoms with E-state index < -0.39 is 0 Å². The predicted octanol–water partition coefficient (Wildman–Crippen LogP) is 4.55. The number of ether oxygens (including phenoxy) is 2. The van der Waals surface area contributed by atoms with Crippen molar-refractivity contribution < 1.29 is 9.47 Å². The van der Waals surface area contributed by atoms with E-state index in [1.165, 1.54) is 38.5 Å². The summed E-state index contributed by atoms with van der Waals surface area (Å²) in [5.41, 5.74) is 0.0563. The maximum Gasteiger partial charge on any atom is 0.0788 e. The lowest BCUT2D eigenvalue weighted by molar-refractivity contribution is -0.119. The second kappa shape index (κ2) is 8.55. The molecule has 1 atom stereocenters. The molecule has 18 heavy (non-hydrogen) atoms. The van der Waals surface area contributed by atoms with Gasteiger partial charge in [0.25, 0.3) is 0 Å². The molecule has 0 saturated heterocycles. The first kappa shape index (κ1) is 16.5. The molecular formula is C15H29BrO2. The molecule has 108 valence electrons. The normalized spacial score (nSPS) is 30.3. The van der Waals surface area contributed by atoms with Crippen LogP contribution in [0.15, 0.2) is 0 Å². The van der Waals surface area contributed by atoms with E-state index in [1.54, 1.807) is 0 Å². The molecule has 1 fully saturated rings. The van der Waals surface area contributed by atoms with E-state index in [0.29, 0.717) is 6.61 Å². The molecule has 0 aromatic heterocycles. The highest BCUT2D eigenvalue weighted by molar-refractivity contribution is 9.09. The monoisotopic (exact) mass is 320 g/mol. The lowest BCUT2D eigenvalue weighted by Crippen LogP contribution is -2.42. The van der Waals surface area contributed by atoms with Crippen LogP contribution < -0.4 is 0 Å². The van der Waals surface area contributed by atoms with E-state index in [2.05, 4.69) is 29.8 Å². The first-order valence-electron chi connectivity index (χ1n) is 7.47. The largest absolute Gasteiger partial charge is 0.379 e. The molecule has 2 nitrogen and oxygen atoms in total. The third-order valence-electron chi connectivity index (χ3n) is 3.96. The topological polar surface area (TPSA) is 18.5 Å². The van der Waals surface area contributed by atoms with Gasteiger partial charge >= 0.3 is 0 Å². The fourth-order valence-electron chi connectivity index (χ4n) is 2.93. The van der Waals surface area contributed by atoms with Crippen molar-refractivity contribution in [1.82, 2.24) is 0 Å². The lowest BCUT2D eigenvalue weighted by atomic mass is 9.78. The Morgan fingerprint density at radius 1 is 1.28 bits per heavy atom. The molecule has 3 heteroatoms. The summed E-state index contributed by atoms with van der Waals surface area (Å²) in [6.45, 7) is 7.92. The first-order chi connectivity index (χ1) is 8.65. The number of hydrogen-bond acceptors (Lipinski definition) is 2. The van der Waals surface area contributed by atoms with Crippen LogP contribution in [0.1, 0.15) is 59.3 Å². The minimum absolute atomic E-state index is 0.0563. The Bertz CT molecular complexity index is 213.